The summed E-state index contributed by atoms with van der Waals surface area (Å²) in [5, 5.41) is 4.02. The van der Waals surface area contributed by atoms with Gasteiger partial charge in [0.05, 0.1) is 13.0 Å². The third kappa shape index (κ3) is 4.29. The lowest BCUT2D eigenvalue weighted by Crippen LogP contribution is -2.33. The third-order valence-electron chi connectivity index (χ3n) is 3.38. The smallest absolute Gasteiger partial charge is 0.233 e. The molecule has 2 aromatic rings. The Balaban J connectivity index is 1.61. The molecule has 0 unspecified atom stereocenters. The lowest BCUT2D eigenvalue weighted by molar-refractivity contribution is -0.126. The Morgan fingerprint density at radius 2 is 2.22 bits per heavy atom. The zero-order valence-electron chi connectivity index (χ0n) is 12.2. The first kappa shape index (κ1) is 16.8. The van der Waals surface area contributed by atoms with Crippen LogP contribution in [-0.2, 0) is 17.0 Å². The highest BCUT2D eigenvalue weighted by atomic mass is 35.5. The second-order valence-corrected chi connectivity index (χ2v) is 7.81. The minimum absolute atomic E-state index is 0.0957. The Bertz CT molecular complexity index is 732. The van der Waals surface area contributed by atoms with Gasteiger partial charge in [0.15, 0.2) is 5.17 Å². The Kier molecular flexibility index (Phi) is 5.64. The largest absolute Gasteiger partial charge is 0.289 e. The van der Waals surface area contributed by atoms with Crippen LogP contribution in [-0.4, -0.2) is 29.1 Å². The molecule has 1 aliphatic heterocycles. The Labute approximate surface area is 153 Å². The average Bonchev–Trinajstić information content (AvgIpc) is 3.17. The van der Waals surface area contributed by atoms with Crippen LogP contribution < -0.4 is 0 Å². The zero-order valence-corrected chi connectivity index (χ0v) is 15.3. The van der Waals surface area contributed by atoms with Gasteiger partial charge in [0.1, 0.15) is 0 Å². The highest BCUT2D eigenvalue weighted by Gasteiger charge is 2.24. The molecule has 1 aromatic heterocycles. The lowest BCUT2D eigenvalue weighted by Gasteiger charge is -2.17. The van der Waals surface area contributed by atoms with E-state index < -0.39 is 0 Å². The normalized spacial score (nSPS) is 14.2. The van der Waals surface area contributed by atoms with Crippen LogP contribution in [0.4, 0.5) is 0 Å². The molecule has 120 valence electrons. The van der Waals surface area contributed by atoms with Gasteiger partial charge in [0, 0.05) is 27.2 Å². The van der Waals surface area contributed by atoms with E-state index in [9.17, 15) is 4.79 Å². The molecule has 3 nitrogen and oxygen atoms in total. The van der Waals surface area contributed by atoms with Gasteiger partial charge in [-0.25, -0.2) is 0 Å². The molecule has 0 fully saturated rings. The van der Waals surface area contributed by atoms with Gasteiger partial charge < -0.3 is 0 Å². The summed E-state index contributed by atoms with van der Waals surface area (Å²) in [5.41, 5.74) is 0.987. The minimum Gasteiger partial charge on any atom is -0.289 e. The molecule has 2 heterocycles. The van der Waals surface area contributed by atoms with Gasteiger partial charge in [-0.1, -0.05) is 47.1 Å². The number of halogens is 2. The average molecular weight is 385 g/mol. The van der Waals surface area contributed by atoms with Crippen molar-refractivity contribution in [3.05, 3.63) is 56.2 Å². The number of thiophene rings is 1. The molecule has 1 amide bonds. The summed E-state index contributed by atoms with van der Waals surface area (Å²) in [6.07, 6.45) is 0.430. The standard InChI is InChI=1S/C16H14Cl2N2OS2/c17-12-4-3-11(14(18)8-12)10-23-16-19-5-6-20(16)15(21)9-13-2-1-7-22-13/h1-4,7-8H,5-6,9-10H2. The van der Waals surface area contributed by atoms with Gasteiger partial charge in [0.25, 0.3) is 0 Å². The number of thioether (sulfide) groups is 1. The molecule has 0 bridgehead atoms. The molecule has 1 aliphatic rings. The number of carbonyl (C=O) groups is 1. The molecule has 0 radical (unpaired) electrons. The van der Waals surface area contributed by atoms with Crippen molar-refractivity contribution in [2.45, 2.75) is 12.2 Å². The summed E-state index contributed by atoms with van der Waals surface area (Å²) in [6, 6.07) is 9.40. The molecule has 0 spiro atoms. The number of hydrogen-bond acceptors (Lipinski definition) is 4. The van der Waals surface area contributed by atoms with Crippen LogP contribution in [0.1, 0.15) is 10.4 Å². The topological polar surface area (TPSA) is 32.7 Å². The second-order valence-electron chi connectivity index (χ2n) is 4.99. The van der Waals surface area contributed by atoms with E-state index in [1.807, 2.05) is 29.6 Å². The van der Waals surface area contributed by atoms with Crippen molar-refractivity contribution >= 4 is 57.4 Å². The van der Waals surface area contributed by atoms with Gasteiger partial charge in [0.2, 0.25) is 5.91 Å². The first-order valence-electron chi connectivity index (χ1n) is 7.07. The van der Waals surface area contributed by atoms with E-state index in [-0.39, 0.29) is 5.91 Å². The maximum atomic E-state index is 12.4. The molecule has 0 aliphatic carbocycles. The van der Waals surface area contributed by atoms with Crippen molar-refractivity contribution in [1.82, 2.24) is 4.90 Å². The van der Waals surface area contributed by atoms with Crippen molar-refractivity contribution in [3.63, 3.8) is 0 Å². The number of amidine groups is 1. The number of hydrogen-bond donors (Lipinski definition) is 0. The Morgan fingerprint density at radius 1 is 1.35 bits per heavy atom. The van der Waals surface area contributed by atoms with Crippen molar-refractivity contribution in [3.8, 4) is 0 Å². The highest BCUT2D eigenvalue weighted by molar-refractivity contribution is 8.13. The van der Waals surface area contributed by atoms with Gasteiger partial charge in [-0.15, -0.1) is 11.3 Å². The number of rotatable bonds is 4. The fraction of sp³-hybridized carbons (Fsp3) is 0.250. The fourth-order valence-corrected chi connectivity index (χ4v) is 4.54. The second kappa shape index (κ2) is 7.71. The molecule has 0 N–H and O–H groups in total. The molecule has 0 atom stereocenters. The summed E-state index contributed by atoms with van der Waals surface area (Å²) >= 11 is 15.2. The zero-order chi connectivity index (χ0) is 16.2. The van der Waals surface area contributed by atoms with E-state index in [1.165, 1.54) is 11.8 Å². The maximum absolute atomic E-state index is 12.4. The summed E-state index contributed by atoms with van der Waals surface area (Å²) in [6.45, 7) is 1.31. The molecule has 1 aromatic carbocycles. The van der Waals surface area contributed by atoms with E-state index in [0.29, 0.717) is 35.3 Å². The number of carbonyl (C=O) groups excluding carboxylic acids is 1. The van der Waals surface area contributed by atoms with E-state index >= 15 is 0 Å². The van der Waals surface area contributed by atoms with Crippen LogP contribution in [0.5, 0.6) is 0 Å². The first-order chi connectivity index (χ1) is 11.1. The van der Waals surface area contributed by atoms with Gasteiger partial charge in [-0.2, -0.15) is 0 Å². The fourth-order valence-electron chi connectivity index (χ4n) is 2.22. The Morgan fingerprint density at radius 3 is 2.96 bits per heavy atom. The highest BCUT2D eigenvalue weighted by Crippen LogP contribution is 2.27. The van der Waals surface area contributed by atoms with Crippen molar-refractivity contribution in [2.24, 2.45) is 4.99 Å². The molecule has 3 rings (SSSR count). The predicted octanol–water partition coefficient (Wildman–Crippen LogP) is 4.73. The van der Waals surface area contributed by atoms with Gasteiger partial charge >= 0.3 is 0 Å². The van der Waals surface area contributed by atoms with Crippen LogP contribution in [0.15, 0.2) is 40.7 Å². The Hall–Kier alpha value is -1.01. The van der Waals surface area contributed by atoms with Crippen LogP contribution >= 0.6 is 46.3 Å². The quantitative estimate of drug-likeness (QED) is 0.762. The SMILES string of the molecule is O=C(Cc1cccs1)N1CCN=C1SCc1ccc(Cl)cc1Cl. The van der Waals surface area contributed by atoms with Crippen LogP contribution in [0.2, 0.25) is 10.0 Å². The van der Waals surface area contributed by atoms with E-state index in [1.54, 1.807) is 22.3 Å². The number of aliphatic imine (C=N–C) groups is 1. The number of amides is 1. The predicted molar refractivity (Wildman–Crippen MR) is 99.8 cm³/mol. The van der Waals surface area contributed by atoms with Crippen molar-refractivity contribution in [2.75, 3.05) is 13.1 Å². The summed E-state index contributed by atoms with van der Waals surface area (Å²) in [5.74, 6) is 0.760. The third-order valence-corrected chi connectivity index (χ3v) is 5.91. The molecule has 0 saturated carbocycles. The first-order valence-corrected chi connectivity index (χ1v) is 9.69. The molecule has 23 heavy (non-hydrogen) atoms. The van der Waals surface area contributed by atoms with Crippen LogP contribution in [0.25, 0.3) is 0 Å². The monoisotopic (exact) mass is 384 g/mol. The van der Waals surface area contributed by atoms with Crippen LogP contribution in [0, 0.1) is 0 Å². The summed E-state index contributed by atoms with van der Waals surface area (Å²) in [7, 11) is 0. The number of benzene rings is 1. The summed E-state index contributed by atoms with van der Waals surface area (Å²) < 4.78 is 0. The van der Waals surface area contributed by atoms with Gasteiger partial charge in [-0.3, -0.25) is 14.7 Å². The van der Waals surface area contributed by atoms with Gasteiger partial charge in [-0.05, 0) is 29.1 Å². The minimum atomic E-state index is 0.0957. The van der Waals surface area contributed by atoms with Crippen molar-refractivity contribution < 1.29 is 4.79 Å². The molecular formula is C16H14Cl2N2OS2. The molecular weight excluding hydrogens is 371 g/mol. The molecule has 0 saturated heterocycles. The number of nitrogens with zero attached hydrogens (tertiary/aromatic N) is 2. The van der Waals surface area contributed by atoms with Crippen LogP contribution in [0.3, 0.4) is 0 Å². The van der Waals surface area contributed by atoms with E-state index in [4.69, 9.17) is 23.2 Å². The summed E-state index contributed by atoms with van der Waals surface area (Å²) in [4.78, 5) is 19.7. The lowest BCUT2D eigenvalue weighted by atomic mass is 10.2. The molecule has 7 heteroatoms. The van der Waals surface area contributed by atoms with E-state index in [2.05, 4.69) is 4.99 Å². The maximum Gasteiger partial charge on any atom is 0.233 e. The van der Waals surface area contributed by atoms with E-state index in [0.717, 1.165) is 15.6 Å². The van der Waals surface area contributed by atoms with Crippen molar-refractivity contribution in [1.29, 1.82) is 0 Å².